The van der Waals surface area contributed by atoms with E-state index in [0.717, 1.165) is 48.5 Å². The molecule has 9 heteroatoms. The van der Waals surface area contributed by atoms with Gasteiger partial charge in [0.05, 0.1) is 5.56 Å². The van der Waals surface area contributed by atoms with Gasteiger partial charge in [-0.2, -0.15) is 13.2 Å². The summed E-state index contributed by atoms with van der Waals surface area (Å²) >= 11 is 0. The summed E-state index contributed by atoms with van der Waals surface area (Å²) in [5.41, 5.74) is -1.60. The molecule has 0 aromatic heterocycles. The Morgan fingerprint density at radius 3 is 1.50 bits per heavy atom. The van der Waals surface area contributed by atoms with E-state index < -0.39 is 24.2 Å². The van der Waals surface area contributed by atoms with Crippen molar-refractivity contribution >= 4 is 12.4 Å². The van der Waals surface area contributed by atoms with Crippen molar-refractivity contribution in [3.05, 3.63) is 54.1 Å². The summed E-state index contributed by atoms with van der Waals surface area (Å²) in [5.74, 6) is 0.215. The number of benzene rings is 2. The van der Waals surface area contributed by atoms with E-state index >= 15 is 0 Å². The molecule has 0 bridgehead atoms. The molecule has 1 nitrogen and oxygen atoms in total. The fourth-order valence-electron chi connectivity index (χ4n) is 1.60. The van der Waals surface area contributed by atoms with E-state index in [4.69, 9.17) is 4.74 Å². The monoisotopic (exact) mass is 344 g/mol. The Bertz CT molecular complexity index is 551. The first-order chi connectivity index (χ1) is 9.66. The van der Waals surface area contributed by atoms with Gasteiger partial charge in [-0.3, -0.25) is 0 Å². The molecule has 0 unspecified atom stereocenters. The predicted molar refractivity (Wildman–Crippen MR) is 66.7 cm³/mol. The maximum Gasteiger partial charge on any atom is 1.00 e. The average Bonchev–Trinajstić information content (AvgIpc) is 2.38. The van der Waals surface area contributed by atoms with Crippen LogP contribution in [0, 0.1) is 0 Å². The van der Waals surface area contributed by atoms with Gasteiger partial charge in [-0.25, -0.2) is 0 Å². The number of hydrogen-bond donors (Lipinski definition) is 0. The minimum atomic E-state index is -5.08. The van der Waals surface area contributed by atoms with E-state index in [-0.39, 0.29) is 62.9 Å². The van der Waals surface area contributed by atoms with Gasteiger partial charge in [0.1, 0.15) is 11.5 Å². The third kappa shape index (κ3) is 5.31. The van der Waals surface area contributed by atoms with Crippen molar-refractivity contribution in [3.8, 4) is 11.5 Å². The third-order valence-corrected chi connectivity index (χ3v) is 2.68. The van der Waals surface area contributed by atoms with Gasteiger partial charge in [0.25, 0.3) is 0 Å². The zero-order valence-corrected chi connectivity index (χ0v) is 14.5. The smallest absolute Gasteiger partial charge is 0.457 e. The summed E-state index contributed by atoms with van der Waals surface area (Å²) in [7, 11) is 0. The quantitative estimate of drug-likeness (QED) is 0.607. The van der Waals surface area contributed by atoms with Crippen LogP contribution < -0.4 is 61.6 Å². The molecule has 2 rings (SSSR count). The molecule has 22 heavy (non-hydrogen) atoms. The molecular weight excluding hydrogens is 336 g/mol. The topological polar surface area (TPSA) is 9.23 Å². The van der Waals surface area contributed by atoms with E-state index in [1.807, 2.05) is 0 Å². The SMILES string of the molecule is F[B-](F)(F)c1ccc(Oc2ccc(C(F)(F)F)cc2)cc1.[K+]. The summed E-state index contributed by atoms with van der Waals surface area (Å²) < 4.78 is 79.5. The molecule has 0 amide bonds. The number of rotatable bonds is 3. The predicted octanol–water partition coefficient (Wildman–Crippen LogP) is 1.56. The van der Waals surface area contributed by atoms with E-state index in [1.54, 1.807) is 0 Å². The third-order valence-electron chi connectivity index (χ3n) is 2.68. The van der Waals surface area contributed by atoms with Crippen molar-refractivity contribution in [1.82, 2.24) is 0 Å². The van der Waals surface area contributed by atoms with Crippen molar-refractivity contribution in [3.63, 3.8) is 0 Å². The van der Waals surface area contributed by atoms with Crippen LogP contribution in [-0.4, -0.2) is 6.98 Å². The van der Waals surface area contributed by atoms with Gasteiger partial charge >= 0.3 is 64.5 Å². The van der Waals surface area contributed by atoms with Crippen LogP contribution in [-0.2, 0) is 6.18 Å². The Morgan fingerprint density at radius 1 is 0.727 bits per heavy atom. The van der Waals surface area contributed by atoms with Crippen LogP contribution >= 0.6 is 0 Å². The number of alkyl halides is 3. The molecule has 2 aromatic rings. The minimum Gasteiger partial charge on any atom is -0.457 e. The van der Waals surface area contributed by atoms with Gasteiger partial charge in [0.2, 0.25) is 0 Å². The van der Waals surface area contributed by atoms with E-state index in [1.165, 1.54) is 0 Å². The summed E-state index contributed by atoms with van der Waals surface area (Å²) in [5, 5.41) is 0. The van der Waals surface area contributed by atoms with E-state index in [9.17, 15) is 26.1 Å². The fourth-order valence-corrected chi connectivity index (χ4v) is 1.60. The van der Waals surface area contributed by atoms with Crippen molar-refractivity contribution < 1.29 is 82.2 Å². The van der Waals surface area contributed by atoms with Gasteiger partial charge in [-0.15, -0.1) is 5.46 Å². The molecule has 0 saturated carbocycles. The first-order valence-electron chi connectivity index (χ1n) is 5.81. The molecule has 112 valence electrons. The molecule has 0 fully saturated rings. The summed E-state index contributed by atoms with van der Waals surface area (Å²) in [4.78, 5) is 0. The molecule has 0 aliphatic rings. The second-order valence-electron chi connectivity index (χ2n) is 4.27. The van der Waals surface area contributed by atoms with Crippen LogP contribution in [0.5, 0.6) is 11.5 Å². The number of halogens is 6. The van der Waals surface area contributed by atoms with Crippen LogP contribution in [0.25, 0.3) is 0 Å². The molecule has 2 aromatic carbocycles. The summed E-state index contributed by atoms with van der Waals surface area (Å²) in [6, 6.07) is 7.82. The normalized spacial score (nSPS) is 11.7. The molecule has 0 heterocycles. The van der Waals surface area contributed by atoms with Crippen molar-refractivity contribution in [2.45, 2.75) is 6.18 Å². The summed E-state index contributed by atoms with van der Waals surface area (Å²) in [6.07, 6.45) is -4.45. The Morgan fingerprint density at radius 2 is 1.14 bits per heavy atom. The second-order valence-corrected chi connectivity index (χ2v) is 4.27. The molecule has 0 atom stereocenters. The average molecular weight is 344 g/mol. The van der Waals surface area contributed by atoms with Gasteiger partial charge in [0, 0.05) is 0 Å². The zero-order chi connectivity index (χ0) is 15.7. The molecule has 0 aliphatic heterocycles. The Kier molecular flexibility index (Phi) is 6.58. The largest absolute Gasteiger partial charge is 1.00 e. The molecule has 0 aliphatic carbocycles. The van der Waals surface area contributed by atoms with Gasteiger partial charge in [-0.05, 0) is 36.4 Å². The summed E-state index contributed by atoms with van der Waals surface area (Å²) in [6.45, 7) is -5.08. The zero-order valence-electron chi connectivity index (χ0n) is 11.4. The van der Waals surface area contributed by atoms with Crippen LogP contribution in [0.15, 0.2) is 48.5 Å². The Balaban J connectivity index is 0.00000242. The standard InChI is InChI=1S/C13H8BF6O.K/c15-13(16,17)9-1-5-11(6-2-9)21-12-7-3-10(4-8-12)14(18,19)20;/h1-8H;/q-1;+1. The van der Waals surface area contributed by atoms with Gasteiger partial charge < -0.3 is 17.7 Å². The molecule has 0 saturated heterocycles. The van der Waals surface area contributed by atoms with E-state index in [0.29, 0.717) is 0 Å². The number of ether oxygens (including phenoxy) is 1. The maximum absolute atomic E-state index is 12.4. The van der Waals surface area contributed by atoms with Gasteiger partial charge in [0.15, 0.2) is 0 Å². The van der Waals surface area contributed by atoms with Crippen molar-refractivity contribution in [2.24, 2.45) is 0 Å². The Hall–Kier alpha value is -0.479. The Labute approximate surface area is 165 Å². The molecule has 0 N–H and O–H groups in total. The van der Waals surface area contributed by atoms with Gasteiger partial charge in [-0.1, -0.05) is 12.1 Å². The molecule has 0 spiro atoms. The first kappa shape index (κ1) is 19.6. The molecule has 0 radical (unpaired) electrons. The fraction of sp³-hybridized carbons (Fsp3) is 0.0769. The molecular formula is C13H8BF6KO. The van der Waals surface area contributed by atoms with Crippen LogP contribution in [0.4, 0.5) is 26.1 Å². The van der Waals surface area contributed by atoms with Crippen molar-refractivity contribution in [2.75, 3.05) is 0 Å². The minimum absolute atomic E-state index is 0. The first-order valence-corrected chi connectivity index (χ1v) is 5.81. The van der Waals surface area contributed by atoms with Crippen LogP contribution in [0.1, 0.15) is 5.56 Å². The maximum atomic E-state index is 12.4. The van der Waals surface area contributed by atoms with E-state index in [2.05, 4.69) is 0 Å². The van der Waals surface area contributed by atoms with Crippen molar-refractivity contribution in [1.29, 1.82) is 0 Å². The van der Waals surface area contributed by atoms with Crippen LogP contribution in [0.3, 0.4) is 0 Å². The second kappa shape index (κ2) is 7.39. The number of hydrogen-bond acceptors (Lipinski definition) is 1. The van der Waals surface area contributed by atoms with Crippen LogP contribution in [0.2, 0.25) is 0 Å².